The van der Waals surface area contributed by atoms with Crippen LogP contribution in [0.3, 0.4) is 0 Å². The molecule has 72 valence electrons. The zero-order valence-corrected chi connectivity index (χ0v) is 6.91. The lowest BCUT2D eigenvalue weighted by Crippen LogP contribution is -2.36. The number of aliphatic hydroxyl groups is 2. The van der Waals surface area contributed by atoms with Crippen molar-refractivity contribution >= 4 is 0 Å². The number of rotatable bonds is 6. The Balaban J connectivity index is 4.46. The molecule has 0 fully saturated rings. The van der Waals surface area contributed by atoms with Crippen LogP contribution in [0.5, 0.6) is 0 Å². The van der Waals surface area contributed by atoms with Gasteiger partial charge in [0.05, 0.1) is 13.2 Å². The normalized spacial score (nSPS) is 10.0. The summed E-state index contributed by atoms with van der Waals surface area (Å²) in [5.41, 5.74) is 15.0. The van der Waals surface area contributed by atoms with Gasteiger partial charge < -0.3 is 10.2 Å². The summed E-state index contributed by atoms with van der Waals surface area (Å²) in [6.45, 7) is -1.01. The van der Waals surface area contributed by atoms with E-state index in [0.717, 1.165) is 0 Å². The summed E-state index contributed by atoms with van der Waals surface area (Å²) < 4.78 is 0. The highest BCUT2D eigenvalue weighted by Gasteiger charge is 2.27. The molecule has 0 spiro atoms. The first-order chi connectivity index (χ1) is 6.24. The molecule has 0 bridgehead atoms. The van der Waals surface area contributed by atoms with E-state index in [4.69, 9.17) is 21.3 Å². The molecule has 0 aliphatic rings. The van der Waals surface area contributed by atoms with E-state index in [1.54, 1.807) is 0 Å². The highest BCUT2D eigenvalue weighted by Crippen LogP contribution is 2.16. The summed E-state index contributed by atoms with van der Waals surface area (Å²) in [6, 6.07) is 0. The largest absolute Gasteiger partial charge is 0.396 e. The lowest BCUT2D eigenvalue weighted by Gasteiger charge is -2.25. The minimum absolute atomic E-state index is 0.102. The zero-order valence-electron chi connectivity index (χ0n) is 6.91. The molecule has 0 aliphatic carbocycles. The first kappa shape index (κ1) is 11.5. The predicted octanol–water partition coefficient (Wildman–Crippen LogP) is 0.578. The van der Waals surface area contributed by atoms with Gasteiger partial charge in [-0.25, -0.2) is 0 Å². The number of nitrogens with zero attached hydrogens (tertiary/aromatic N) is 6. The van der Waals surface area contributed by atoms with Crippen LogP contribution in [0.1, 0.15) is 0 Å². The van der Waals surface area contributed by atoms with Crippen molar-refractivity contribution in [1.29, 1.82) is 0 Å². The lowest BCUT2D eigenvalue weighted by molar-refractivity contribution is 0.0689. The second-order valence-corrected chi connectivity index (χ2v) is 2.59. The Morgan fingerprint density at radius 1 is 1.00 bits per heavy atom. The molecule has 0 saturated carbocycles. The maximum Gasteiger partial charge on any atom is 0.0512 e. The Labute approximate surface area is 74.1 Å². The highest BCUT2D eigenvalue weighted by atomic mass is 16.3. The van der Waals surface area contributed by atoms with Gasteiger partial charge in [-0.3, -0.25) is 0 Å². The Bertz CT molecular complexity index is 215. The number of aliphatic hydroxyl groups excluding tert-OH is 2. The first-order valence-corrected chi connectivity index (χ1v) is 3.48. The quantitative estimate of drug-likeness (QED) is 0.356. The van der Waals surface area contributed by atoms with Crippen LogP contribution in [0.25, 0.3) is 20.9 Å². The fraction of sp³-hybridized carbons (Fsp3) is 1.00. The minimum Gasteiger partial charge on any atom is -0.396 e. The molecule has 13 heavy (non-hydrogen) atoms. The van der Waals surface area contributed by atoms with E-state index in [1.807, 2.05) is 0 Å². The molecule has 2 N–H and O–H groups in total. The van der Waals surface area contributed by atoms with Gasteiger partial charge in [0.15, 0.2) is 0 Å². The Morgan fingerprint density at radius 2 is 1.38 bits per heavy atom. The van der Waals surface area contributed by atoms with Crippen LogP contribution in [-0.4, -0.2) is 36.5 Å². The van der Waals surface area contributed by atoms with E-state index in [9.17, 15) is 0 Å². The van der Waals surface area contributed by atoms with Crippen LogP contribution in [0.4, 0.5) is 0 Å². The molecule has 0 aromatic heterocycles. The van der Waals surface area contributed by atoms with Gasteiger partial charge in [-0.1, -0.05) is 10.2 Å². The van der Waals surface area contributed by atoms with Gasteiger partial charge in [0.1, 0.15) is 0 Å². The van der Waals surface area contributed by atoms with E-state index in [0.29, 0.717) is 0 Å². The van der Waals surface area contributed by atoms with Gasteiger partial charge in [0.25, 0.3) is 0 Å². The van der Waals surface area contributed by atoms with Crippen LogP contribution in [0.15, 0.2) is 10.2 Å². The molecule has 0 rings (SSSR count). The van der Waals surface area contributed by atoms with E-state index < -0.39 is 18.6 Å². The summed E-state index contributed by atoms with van der Waals surface area (Å²) in [5.74, 6) is 0. The molecule has 0 aliphatic heterocycles. The second-order valence-electron chi connectivity index (χ2n) is 2.59. The smallest absolute Gasteiger partial charge is 0.0512 e. The maximum atomic E-state index is 8.90. The van der Waals surface area contributed by atoms with Crippen LogP contribution < -0.4 is 0 Å². The van der Waals surface area contributed by atoms with Crippen LogP contribution in [0.2, 0.25) is 0 Å². The number of azide groups is 2. The third kappa shape index (κ3) is 3.64. The lowest BCUT2D eigenvalue weighted by atomic mass is 9.91. The number of hydrogen-bond donors (Lipinski definition) is 2. The van der Waals surface area contributed by atoms with Crippen molar-refractivity contribution in [2.24, 2.45) is 15.6 Å². The van der Waals surface area contributed by atoms with Crippen molar-refractivity contribution in [1.82, 2.24) is 0 Å². The molecule has 0 saturated heterocycles. The topological polar surface area (TPSA) is 138 Å². The summed E-state index contributed by atoms with van der Waals surface area (Å²) in [4.78, 5) is 4.98. The highest BCUT2D eigenvalue weighted by molar-refractivity contribution is 4.83. The van der Waals surface area contributed by atoms with Crippen molar-refractivity contribution < 1.29 is 10.2 Å². The fourth-order valence-electron chi connectivity index (χ4n) is 0.663. The molecular weight excluding hydrogens is 176 g/mol. The molecular formula is C5H10N6O2. The van der Waals surface area contributed by atoms with Crippen LogP contribution in [0, 0.1) is 5.41 Å². The van der Waals surface area contributed by atoms with Crippen molar-refractivity contribution in [2.75, 3.05) is 26.3 Å². The molecule has 0 atom stereocenters. The van der Waals surface area contributed by atoms with E-state index in [1.165, 1.54) is 0 Å². The van der Waals surface area contributed by atoms with Crippen molar-refractivity contribution in [3.8, 4) is 0 Å². The molecule has 8 nitrogen and oxygen atoms in total. The monoisotopic (exact) mass is 186 g/mol. The Morgan fingerprint density at radius 3 is 1.62 bits per heavy atom. The zero-order chi connectivity index (χ0) is 10.2. The molecule has 8 heteroatoms. The standard InChI is InChI=1S/C5H10N6O2/c6-10-8-1-5(3-12,4-13)2-9-11-7/h12-13H,1-4H2. The maximum absolute atomic E-state index is 8.90. The minimum atomic E-state index is -1.04. The van der Waals surface area contributed by atoms with Gasteiger partial charge in [-0.05, 0) is 11.1 Å². The Hall–Kier alpha value is -1.46. The fourth-order valence-corrected chi connectivity index (χ4v) is 0.663. The molecule has 0 aromatic rings. The van der Waals surface area contributed by atoms with Gasteiger partial charge in [-0.15, -0.1) is 0 Å². The number of hydrogen-bond acceptors (Lipinski definition) is 4. The van der Waals surface area contributed by atoms with Gasteiger partial charge in [-0.2, -0.15) is 0 Å². The van der Waals surface area contributed by atoms with Crippen molar-refractivity contribution in [3.63, 3.8) is 0 Å². The summed E-state index contributed by atoms with van der Waals surface area (Å²) >= 11 is 0. The summed E-state index contributed by atoms with van der Waals surface area (Å²) in [7, 11) is 0. The summed E-state index contributed by atoms with van der Waals surface area (Å²) in [6.07, 6.45) is 0. The summed E-state index contributed by atoms with van der Waals surface area (Å²) in [5, 5.41) is 24.2. The second kappa shape index (κ2) is 6.10. The molecule has 0 aromatic carbocycles. The molecule has 0 unspecified atom stereocenters. The van der Waals surface area contributed by atoms with Crippen molar-refractivity contribution in [2.45, 2.75) is 0 Å². The predicted molar refractivity (Wildman–Crippen MR) is 44.6 cm³/mol. The van der Waals surface area contributed by atoms with E-state index >= 15 is 0 Å². The third-order valence-electron chi connectivity index (χ3n) is 1.61. The molecule has 0 amide bonds. The van der Waals surface area contributed by atoms with Gasteiger partial charge in [0.2, 0.25) is 0 Å². The average molecular weight is 186 g/mol. The SMILES string of the molecule is [N-]=[N+]=NCC(CO)(CO)CN=[N+]=[N-]. The average Bonchev–Trinajstić information content (AvgIpc) is 2.20. The van der Waals surface area contributed by atoms with Gasteiger partial charge in [0, 0.05) is 28.3 Å². The van der Waals surface area contributed by atoms with Crippen LogP contribution in [-0.2, 0) is 0 Å². The first-order valence-electron chi connectivity index (χ1n) is 3.48. The van der Waals surface area contributed by atoms with E-state index in [2.05, 4.69) is 20.1 Å². The van der Waals surface area contributed by atoms with Crippen LogP contribution >= 0.6 is 0 Å². The van der Waals surface area contributed by atoms with Crippen molar-refractivity contribution in [3.05, 3.63) is 20.9 Å². The third-order valence-corrected chi connectivity index (χ3v) is 1.61. The molecule has 0 radical (unpaired) electrons. The van der Waals surface area contributed by atoms with E-state index in [-0.39, 0.29) is 13.1 Å². The van der Waals surface area contributed by atoms with Gasteiger partial charge >= 0.3 is 0 Å². The molecule has 0 heterocycles. The Kier molecular flexibility index (Phi) is 5.42.